The zero-order valence-electron chi connectivity index (χ0n) is 14.9. The lowest BCUT2D eigenvalue weighted by atomic mass is 9.89. The van der Waals surface area contributed by atoms with Gasteiger partial charge >= 0.3 is 5.97 Å². The summed E-state index contributed by atoms with van der Waals surface area (Å²) in [4.78, 5) is 17.1. The highest BCUT2D eigenvalue weighted by atomic mass is 35.5. The van der Waals surface area contributed by atoms with Gasteiger partial charge in [-0.3, -0.25) is 4.79 Å². The number of rotatable bonds is 3. The van der Waals surface area contributed by atoms with E-state index in [0.717, 1.165) is 5.56 Å². The van der Waals surface area contributed by atoms with Crippen LogP contribution in [0.3, 0.4) is 0 Å². The topological polar surface area (TPSA) is 69.0 Å². The highest BCUT2D eigenvalue weighted by molar-refractivity contribution is 6.35. The standard InChI is InChI=1S/C20H16Cl2N4O2/c1-11-16(19(27)28-2)17(14-9-8-13(21)10-15(14)22)26-20(23-11)24-18(25-26)12-6-4-3-5-7-12/h3-10,16-17H,1H2,2H3,(H,23,24,25). The molecule has 2 heterocycles. The molecule has 0 aliphatic carbocycles. The Morgan fingerprint density at radius 1 is 1.21 bits per heavy atom. The molecule has 8 heteroatoms. The van der Waals surface area contributed by atoms with Crippen LogP contribution < -0.4 is 5.32 Å². The minimum atomic E-state index is -0.735. The number of fused-ring (bicyclic) bond motifs is 1. The maximum absolute atomic E-state index is 12.6. The Labute approximate surface area is 171 Å². The van der Waals surface area contributed by atoms with Gasteiger partial charge in [0.2, 0.25) is 5.95 Å². The van der Waals surface area contributed by atoms with Crippen molar-refractivity contribution in [3.05, 3.63) is 76.4 Å². The third-order valence-electron chi connectivity index (χ3n) is 4.63. The van der Waals surface area contributed by atoms with Gasteiger partial charge < -0.3 is 10.1 Å². The van der Waals surface area contributed by atoms with Crippen molar-refractivity contribution in [1.82, 2.24) is 14.8 Å². The van der Waals surface area contributed by atoms with Gasteiger partial charge in [0.25, 0.3) is 0 Å². The van der Waals surface area contributed by atoms with E-state index in [4.69, 9.17) is 27.9 Å². The average Bonchev–Trinajstić information content (AvgIpc) is 3.11. The van der Waals surface area contributed by atoms with Crippen LogP contribution in [0.2, 0.25) is 10.0 Å². The lowest BCUT2D eigenvalue weighted by Gasteiger charge is -2.33. The maximum Gasteiger partial charge on any atom is 0.317 e. The van der Waals surface area contributed by atoms with E-state index in [1.807, 2.05) is 30.3 Å². The number of hydrogen-bond acceptors (Lipinski definition) is 5. The van der Waals surface area contributed by atoms with E-state index in [9.17, 15) is 4.79 Å². The minimum Gasteiger partial charge on any atom is -0.468 e. The molecule has 0 fully saturated rings. The second-order valence-electron chi connectivity index (χ2n) is 6.33. The van der Waals surface area contributed by atoms with Gasteiger partial charge in [0.1, 0.15) is 12.0 Å². The Hall–Kier alpha value is -2.83. The molecule has 4 rings (SSSR count). The summed E-state index contributed by atoms with van der Waals surface area (Å²) in [6.45, 7) is 4.01. The monoisotopic (exact) mass is 414 g/mol. The molecular formula is C20H16Cl2N4O2. The fourth-order valence-corrected chi connectivity index (χ4v) is 3.84. The van der Waals surface area contributed by atoms with Gasteiger partial charge in [-0.1, -0.05) is 66.2 Å². The van der Waals surface area contributed by atoms with Gasteiger partial charge in [-0.15, -0.1) is 5.10 Å². The first-order valence-electron chi connectivity index (χ1n) is 8.50. The number of esters is 1. The van der Waals surface area contributed by atoms with Crippen molar-refractivity contribution in [2.75, 3.05) is 12.4 Å². The molecular weight excluding hydrogens is 399 g/mol. The Kier molecular flexibility index (Phi) is 4.83. The van der Waals surface area contributed by atoms with Gasteiger partial charge in [-0.2, -0.15) is 4.98 Å². The van der Waals surface area contributed by atoms with E-state index >= 15 is 0 Å². The van der Waals surface area contributed by atoms with Crippen LogP contribution in [0.1, 0.15) is 11.6 Å². The minimum absolute atomic E-state index is 0.420. The highest BCUT2D eigenvalue weighted by Crippen LogP contribution is 2.41. The maximum atomic E-state index is 12.6. The van der Waals surface area contributed by atoms with E-state index in [1.165, 1.54) is 7.11 Å². The molecule has 0 bridgehead atoms. The largest absolute Gasteiger partial charge is 0.468 e. The Morgan fingerprint density at radius 3 is 2.64 bits per heavy atom. The number of methoxy groups -OCH3 is 1. The number of aromatic nitrogens is 3. The van der Waals surface area contributed by atoms with Crippen molar-refractivity contribution < 1.29 is 9.53 Å². The van der Waals surface area contributed by atoms with Crippen LogP contribution in [0.25, 0.3) is 11.4 Å². The Bertz CT molecular complexity index is 1070. The normalized spacial score (nSPS) is 18.3. The number of carbonyl (C=O) groups is 1. The second-order valence-corrected chi connectivity index (χ2v) is 7.17. The predicted octanol–water partition coefficient (Wildman–Crippen LogP) is 4.57. The van der Waals surface area contributed by atoms with Crippen molar-refractivity contribution in [3.63, 3.8) is 0 Å². The summed E-state index contributed by atoms with van der Waals surface area (Å²) in [5, 5.41) is 8.64. The third-order valence-corrected chi connectivity index (χ3v) is 5.19. The van der Waals surface area contributed by atoms with Crippen LogP contribution in [0, 0.1) is 5.92 Å². The lowest BCUT2D eigenvalue weighted by molar-refractivity contribution is -0.145. The number of nitrogens with zero attached hydrogens (tertiary/aromatic N) is 3. The summed E-state index contributed by atoms with van der Waals surface area (Å²) >= 11 is 12.5. The third kappa shape index (κ3) is 3.15. The Morgan fingerprint density at radius 2 is 1.96 bits per heavy atom. The predicted molar refractivity (Wildman–Crippen MR) is 108 cm³/mol. The Balaban J connectivity index is 1.90. The first-order chi connectivity index (χ1) is 13.5. The molecule has 0 saturated heterocycles. The van der Waals surface area contributed by atoms with Crippen LogP contribution in [0.4, 0.5) is 5.95 Å². The molecule has 0 radical (unpaired) electrons. The molecule has 1 aliphatic rings. The van der Waals surface area contributed by atoms with Crippen molar-refractivity contribution in [2.45, 2.75) is 6.04 Å². The summed E-state index contributed by atoms with van der Waals surface area (Å²) < 4.78 is 6.66. The van der Waals surface area contributed by atoms with Gasteiger partial charge in [0.15, 0.2) is 5.82 Å². The number of ether oxygens (including phenoxy) is 1. The molecule has 2 aromatic carbocycles. The zero-order valence-corrected chi connectivity index (χ0v) is 16.4. The number of nitrogens with one attached hydrogen (secondary N) is 1. The van der Waals surface area contributed by atoms with Crippen molar-refractivity contribution in [2.24, 2.45) is 5.92 Å². The number of carbonyl (C=O) groups excluding carboxylic acids is 1. The summed E-state index contributed by atoms with van der Waals surface area (Å²) in [5.41, 5.74) is 1.99. The average molecular weight is 415 g/mol. The molecule has 2 atom stereocenters. The molecule has 1 N–H and O–H groups in total. The fourth-order valence-electron chi connectivity index (χ4n) is 3.32. The van der Waals surface area contributed by atoms with E-state index in [-0.39, 0.29) is 0 Å². The van der Waals surface area contributed by atoms with Crippen LogP contribution in [0.15, 0.2) is 60.8 Å². The molecule has 28 heavy (non-hydrogen) atoms. The fraction of sp³-hybridized carbons (Fsp3) is 0.150. The van der Waals surface area contributed by atoms with E-state index < -0.39 is 17.9 Å². The molecule has 1 aromatic heterocycles. The lowest BCUT2D eigenvalue weighted by Crippen LogP contribution is -2.37. The van der Waals surface area contributed by atoms with Crippen LogP contribution in [-0.4, -0.2) is 27.8 Å². The number of halogens is 2. The van der Waals surface area contributed by atoms with Crippen LogP contribution >= 0.6 is 23.2 Å². The first kappa shape index (κ1) is 18.5. The van der Waals surface area contributed by atoms with E-state index in [2.05, 4.69) is 22.0 Å². The smallest absolute Gasteiger partial charge is 0.317 e. The number of hydrogen-bond donors (Lipinski definition) is 1. The summed E-state index contributed by atoms with van der Waals surface area (Å²) in [6, 6.07) is 14.1. The van der Waals surface area contributed by atoms with Gasteiger partial charge in [-0.25, -0.2) is 4.68 Å². The summed E-state index contributed by atoms with van der Waals surface area (Å²) in [6.07, 6.45) is 0. The number of benzene rings is 2. The molecule has 0 spiro atoms. The SMILES string of the molecule is C=C1Nc2nc(-c3ccccc3)nn2C(c2ccc(Cl)cc2Cl)C1C(=O)OC. The zero-order chi connectivity index (χ0) is 19.8. The molecule has 142 valence electrons. The molecule has 2 unspecified atom stereocenters. The first-order valence-corrected chi connectivity index (χ1v) is 9.25. The van der Waals surface area contributed by atoms with Gasteiger partial charge in [-0.05, 0) is 17.7 Å². The molecule has 3 aromatic rings. The summed E-state index contributed by atoms with van der Waals surface area (Å²) in [5.74, 6) is -0.186. The van der Waals surface area contributed by atoms with Crippen molar-refractivity contribution in [1.29, 1.82) is 0 Å². The van der Waals surface area contributed by atoms with Crippen LogP contribution in [0.5, 0.6) is 0 Å². The molecule has 1 aliphatic heterocycles. The molecule has 0 saturated carbocycles. The molecule has 6 nitrogen and oxygen atoms in total. The van der Waals surface area contributed by atoms with Gasteiger partial charge in [0.05, 0.1) is 7.11 Å². The van der Waals surface area contributed by atoms with Crippen molar-refractivity contribution >= 4 is 35.1 Å². The van der Waals surface area contributed by atoms with Crippen molar-refractivity contribution in [3.8, 4) is 11.4 Å². The summed E-state index contributed by atoms with van der Waals surface area (Å²) in [7, 11) is 1.34. The highest BCUT2D eigenvalue weighted by Gasteiger charge is 2.41. The van der Waals surface area contributed by atoms with E-state index in [0.29, 0.717) is 33.1 Å². The number of anilines is 1. The molecule has 0 amide bonds. The van der Waals surface area contributed by atoms with Crippen LogP contribution in [-0.2, 0) is 9.53 Å². The quantitative estimate of drug-likeness (QED) is 0.635. The second kappa shape index (κ2) is 7.30. The van der Waals surface area contributed by atoms with E-state index in [1.54, 1.807) is 22.9 Å². The van der Waals surface area contributed by atoms with Gasteiger partial charge in [0, 0.05) is 21.3 Å².